The Morgan fingerprint density at radius 2 is 2.19 bits per heavy atom. The number of aromatic nitrogens is 1. The van der Waals surface area contributed by atoms with E-state index in [1.54, 1.807) is 12.3 Å². The van der Waals surface area contributed by atoms with Gasteiger partial charge in [0.15, 0.2) is 0 Å². The Morgan fingerprint density at radius 3 is 3.00 bits per heavy atom. The second-order valence-electron chi connectivity index (χ2n) is 5.13. The average molecular weight is 287 g/mol. The minimum atomic E-state index is -0.387. The van der Waals surface area contributed by atoms with Crippen molar-refractivity contribution in [3.63, 3.8) is 0 Å². The number of halogens is 1. The number of hydrogen-bond donors (Lipinski definition) is 2. The molecule has 2 heterocycles. The second kappa shape index (κ2) is 6.30. The molecule has 2 aromatic rings. The van der Waals surface area contributed by atoms with Gasteiger partial charge in [0.25, 0.3) is 0 Å². The fraction of sp³-hybridized carbons (Fsp3) is 0.312. The average Bonchev–Trinajstić information content (AvgIpc) is 2.53. The summed E-state index contributed by atoms with van der Waals surface area (Å²) in [6.07, 6.45) is 2.92. The summed E-state index contributed by atoms with van der Waals surface area (Å²) in [5.41, 5.74) is 5.42. The molecule has 0 saturated carbocycles. The molecule has 0 saturated heterocycles. The Labute approximate surface area is 123 Å². The lowest BCUT2D eigenvalue weighted by atomic mass is 9.92. The van der Waals surface area contributed by atoms with Crippen molar-refractivity contribution in [2.45, 2.75) is 25.0 Å². The van der Waals surface area contributed by atoms with Crippen molar-refractivity contribution in [1.82, 2.24) is 10.4 Å². The summed E-state index contributed by atoms with van der Waals surface area (Å²) in [6.45, 7) is 0.670. The molecule has 0 spiro atoms. The number of hydrazine groups is 1. The Morgan fingerprint density at radius 1 is 1.33 bits per heavy atom. The SMILES string of the molecule is NNC(CC1OCCc2ccccc21)c1ncccc1F. The van der Waals surface area contributed by atoms with Crippen LogP contribution in [0.25, 0.3) is 0 Å². The van der Waals surface area contributed by atoms with E-state index >= 15 is 0 Å². The van der Waals surface area contributed by atoms with Gasteiger partial charge >= 0.3 is 0 Å². The van der Waals surface area contributed by atoms with E-state index in [0.717, 1.165) is 12.0 Å². The van der Waals surface area contributed by atoms with Gasteiger partial charge in [-0.25, -0.2) is 4.39 Å². The molecule has 1 aliphatic heterocycles. The van der Waals surface area contributed by atoms with E-state index < -0.39 is 0 Å². The summed E-state index contributed by atoms with van der Waals surface area (Å²) in [5.74, 6) is 5.24. The van der Waals surface area contributed by atoms with Crippen molar-refractivity contribution >= 4 is 0 Å². The highest BCUT2D eigenvalue weighted by molar-refractivity contribution is 5.31. The maximum absolute atomic E-state index is 13.9. The third-order valence-corrected chi connectivity index (χ3v) is 3.86. The van der Waals surface area contributed by atoms with Gasteiger partial charge in [-0.3, -0.25) is 16.3 Å². The van der Waals surface area contributed by atoms with Gasteiger partial charge < -0.3 is 4.74 Å². The van der Waals surface area contributed by atoms with Crippen molar-refractivity contribution in [2.75, 3.05) is 6.61 Å². The van der Waals surface area contributed by atoms with Crippen LogP contribution in [0.2, 0.25) is 0 Å². The van der Waals surface area contributed by atoms with Crippen LogP contribution in [0.5, 0.6) is 0 Å². The summed E-state index contributed by atoms with van der Waals surface area (Å²) in [6, 6.07) is 10.8. The molecule has 1 aromatic carbocycles. The molecule has 4 nitrogen and oxygen atoms in total. The topological polar surface area (TPSA) is 60.2 Å². The second-order valence-corrected chi connectivity index (χ2v) is 5.13. The highest BCUT2D eigenvalue weighted by Crippen LogP contribution is 2.34. The number of nitrogens with one attached hydrogen (secondary N) is 1. The highest BCUT2D eigenvalue weighted by Gasteiger charge is 2.26. The van der Waals surface area contributed by atoms with E-state index in [2.05, 4.69) is 22.5 Å². The number of pyridine rings is 1. The van der Waals surface area contributed by atoms with Crippen LogP contribution in [0.1, 0.15) is 35.4 Å². The zero-order valence-corrected chi connectivity index (χ0v) is 11.6. The number of benzene rings is 1. The van der Waals surface area contributed by atoms with Crippen LogP contribution in [0.15, 0.2) is 42.6 Å². The van der Waals surface area contributed by atoms with Crippen LogP contribution in [0, 0.1) is 5.82 Å². The van der Waals surface area contributed by atoms with Crippen LogP contribution >= 0.6 is 0 Å². The largest absolute Gasteiger partial charge is 0.373 e. The first-order valence-corrected chi connectivity index (χ1v) is 7.05. The predicted molar refractivity (Wildman–Crippen MR) is 77.7 cm³/mol. The smallest absolute Gasteiger partial charge is 0.146 e. The lowest BCUT2D eigenvalue weighted by molar-refractivity contribution is 0.0287. The van der Waals surface area contributed by atoms with Gasteiger partial charge in [-0.2, -0.15) is 0 Å². The highest BCUT2D eigenvalue weighted by atomic mass is 19.1. The van der Waals surface area contributed by atoms with Gasteiger partial charge in [0.1, 0.15) is 5.82 Å². The Bertz CT molecular complexity index is 620. The molecular weight excluding hydrogens is 269 g/mol. The molecule has 0 radical (unpaired) electrons. The van der Waals surface area contributed by atoms with Crippen LogP contribution < -0.4 is 11.3 Å². The summed E-state index contributed by atoms with van der Waals surface area (Å²) in [5, 5.41) is 0. The third-order valence-electron chi connectivity index (χ3n) is 3.86. The van der Waals surface area contributed by atoms with Crippen LogP contribution in [0.4, 0.5) is 4.39 Å². The van der Waals surface area contributed by atoms with Gasteiger partial charge in [-0.15, -0.1) is 0 Å². The summed E-state index contributed by atoms with van der Waals surface area (Å²) in [7, 11) is 0. The molecule has 110 valence electrons. The molecule has 2 unspecified atom stereocenters. The summed E-state index contributed by atoms with van der Waals surface area (Å²) < 4.78 is 19.7. The molecule has 0 amide bonds. The third kappa shape index (κ3) is 2.95. The zero-order valence-electron chi connectivity index (χ0n) is 11.6. The first kappa shape index (κ1) is 14.1. The first-order valence-electron chi connectivity index (χ1n) is 7.05. The fourth-order valence-electron chi connectivity index (χ4n) is 2.80. The lowest BCUT2D eigenvalue weighted by Crippen LogP contribution is -2.32. The molecule has 1 aliphatic rings. The van der Waals surface area contributed by atoms with Gasteiger partial charge in [-0.1, -0.05) is 24.3 Å². The van der Waals surface area contributed by atoms with Crippen LogP contribution in [-0.4, -0.2) is 11.6 Å². The zero-order chi connectivity index (χ0) is 14.7. The van der Waals surface area contributed by atoms with Crippen molar-refractivity contribution in [3.05, 3.63) is 65.2 Å². The number of nitrogens with zero attached hydrogens (tertiary/aromatic N) is 1. The van der Waals surface area contributed by atoms with Crippen molar-refractivity contribution < 1.29 is 9.13 Å². The maximum Gasteiger partial charge on any atom is 0.146 e. The molecule has 5 heteroatoms. The monoisotopic (exact) mass is 287 g/mol. The minimum absolute atomic E-state index is 0.0996. The van der Waals surface area contributed by atoms with Gasteiger partial charge in [0.2, 0.25) is 0 Å². The van der Waals surface area contributed by atoms with E-state index in [1.165, 1.54) is 11.6 Å². The minimum Gasteiger partial charge on any atom is -0.373 e. The first-order chi connectivity index (χ1) is 10.3. The molecule has 0 aliphatic carbocycles. The molecular formula is C16H18FN3O. The quantitative estimate of drug-likeness (QED) is 0.670. The van der Waals surface area contributed by atoms with E-state index in [9.17, 15) is 4.39 Å². The van der Waals surface area contributed by atoms with Crippen molar-refractivity contribution in [1.29, 1.82) is 0 Å². The molecule has 3 rings (SSSR count). The van der Waals surface area contributed by atoms with Crippen molar-refractivity contribution in [2.24, 2.45) is 5.84 Å². The molecule has 0 fully saturated rings. The molecule has 0 bridgehead atoms. The number of rotatable bonds is 4. The molecule has 21 heavy (non-hydrogen) atoms. The number of fused-ring (bicyclic) bond motifs is 1. The van der Waals surface area contributed by atoms with Gasteiger partial charge in [0, 0.05) is 12.6 Å². The predicted octanol–water partition coefficient (Wildman–Crippen LogP) is 2.43. The Kier molecular flexibility index (Phi) is 4.24. The summed E-state index contributed by atoms with van der Waals surface area (Å²) >= 11 is 0. The van der Waals surface area contributed by atoms with Crippen LogP contribution in [-0.2, 0) is 11.2 Å². The molecule has 2 atom stereocenters. The van der Waals surface area contributed by atoms with E-state index in [1.807, 2.05) is 12.1 Å². The number of hydrogen-bond acceptors (Lipinski definition) is 4. The van der Waals surface area contributed by atoms with E-state index in [4.69, 9.17) is 10.6 Å². The molecule has 3 N–H and O–H groups in total. The van der Waals surface area contributed by atoms with Gasteiger partial charge in [0.05, 0.1) is 24.4 Å². The van der Waals surface area contributed by atoms with E-state index in [0.29, 0.717) is 18.7 Å². The summed E-state index contributed by atoms with van der Waals surface area (Å²) in [4.78, 5) is 4.10. The Hall–Kier alpha value is -1.82. The molecule has 1 aromatic heterocycles. The lowest BCUT2D eigenvalue weighted by Gasteiger charge is -2.29. The fourth-order valence-corrected chi connectivity index (χ4v) is 2.80. The van der Waals surface area contributed by atoms with Crippen LogP contribution in [0.3, 0.4) is 0 Å². The number of nitrogens with two attached hydrogens (primary N) is 1. The van der Waals surface area contributed by atoms with Gasteiger partial charge in [-0.05, 0) is 29.7 Å². The standard InChI is InChI=1S/C16H18FN3O/c17-13-6-3-8-19-16(13)14(20-18)10-15-12-5-2-1-4-11(12)7-9-21-15/h1-6,8,14-15,20H,7,9-10,18H2. The normalized spacial score (nSPS) is 19.0. The maximum atomic E-state index is 13.9. The van der Waals surface area contributed by atoms with E-state index in [-0.39, 0.29) is 18.0 Å². The Balaban J connectivity index is 1.84. The number of ether oxygens (including phenoxy) is 1. The van der Waals surface area contributed by atoms with Crippen molar-refractivity contribution in [3.8, 4) is 0 Å².